The zero-order chi connectivity index (χ0) is 7.28. The van der Waals surface area contributed by atoms with Crippen molar-refractivity contribution in [1.29, 1.82) is 0 Å². The summed E-state index contributed by atoms with van der Waals surface area (Å²) in [6.45, 7) is 2.52. The van der Waals surface area contributed by atoms with Gasteiger partial charge in [0.2, 0.25) is 0 Å². The molecule has 5 heteroatoms. The Kier molecular flexibility index (Phi) is 8.46. The molecule has 0 aliphatic heterocycles. The minimum absolute atomic E-state index is 0. The normalized spacial score (nSPS) is 8.40. The third-order valence-corrected chi connectivity index (χ3v) is 0.662. The van der Waals surface area contributed by atoms with Crippen molar-refractivity contribution < 1.29 is 4.79 Å². The van der Waals surface area contributed by atoms with Gasteiger partial charge in [-0.05, 0) is 6.92 Å². The highest BCUT2D eigenvalue weighted by molar-refractivity contribution is 8.93. The van der Waals surface area contributed by atoms with Gasteiger partial charge in [-0.15, -0.1) is 17.0 Å². The summed E-state index contributed by atoms with van der Waals surface area (Å²) in [6, 6.07) is -0.164. The smallest absolute Gasteiger partial charge is 0.329 e. The monoisotopic (exact) mass is 211 g/mol. The fraction of sp³-hybridized carbons (Fsp3) is 0.800. The fourth-order valence-corrected chi connectivity index (χ4v) is 0.403. The first kappa shape index (κ1) is 12.4. The molecule has 10 heavy (non-hydrogen) atoms. The van der Waals surface area contributed by atoms with Gasteiger partial charge in [0.1, 0.15) is 0 Å². The topological polar surface area (TPSA) is 44.4 Å². The van der Waals surface area contributed by atoms with Crippen LogP contribution in [-0.4, -0.2) is 31.7 Å². The quantitative estimate of drug-likeness (QED) is 0.649. The first-order chi connectivity index (χ1) is 4.16. The van der Waals surface area contributed by atoms with E-state index in [0.29, 0.717) is 6.54 Å². The van der Waals surface area contributed by atoms with Gasteiger partial charge in [0.05, 0.1) is 0 Å². The average molecular weight is 212 g/mol. The molecule has 0 aromatic rings. The number of urea groups is 1. The van der Waals surface area contributed by atoms with Gasteiger partial charge in [0, 0.05) is 20.6 Å². The van der Waals surface area contributed by atoms with Crippen LogP contribution in [0.15, 0.2) is 0 Å². The molecule has 0 atom stereocenters. The van der Waals surface area contributed by atoms with Crippen LogP contribution in [0.25, 0.3) is 0 Å². The van der Waals surface area contributed by atoms with Gasteiger partial charge < -0.3 is 5.32 Å². The molecule has 0 aromatic heterocycles. The molecule has 0 saturated carbocycles. The molecule has 0 bridgehead atoms. The predicted molar refractivity (Wildman–Crippen MR) is 46.2 cm³/mol. The summed E-state index contributed by atoms with van der Waals surface area (Å²) in [4.78, 5) is 10.6. The van der Waals surface area contributed by atoms with E-state index in [0.717, 1.165) is 0 Å². The first-order valence-corrected chi connectivity index (χ1v) is 2.88. The van der Waals surface area contributed by atoms with Gasteiger partial charge in [0.25, 0.3) is 0 Å². The molecule has 0 radical (unpaired) electrons. The highest BCUT2D eigenvalue weighted by Gasteiger charge is 1.95. The van der Waals surface area contributed by atoms with Crippen LogP contribution in [0.1, 0.15) is 6.92 Å². The van der Waals surface area contributed by atoms with Gasteiger partial charge in [-0.1, -0.05) is 0 Å². The zero-order valence-corrected chi connectivity index (χ0v) is 8.18. The van der Waals surface area contributed by atoms with Crippen LogP contribution < -0.4 is 10.7 Å². The van der Waals surface area contributed by atoms with Crippen molar-refractivity contribution in [2.75, 3.05) is 20.6 Å². The Bertz CT molecular complexity index is 96.9. The number of hydrogen-bond acceptors (Lipinski definition) is 2. The molecular weight excluding hydrogens is 198 g/mol. The standard InChI is InChI=1S/C5H13N3O.BrH/c1-4-6-5(9)7-8(2)3;/h4H2,1-3H3,(H2,6,7,9);1H. The lowest BCUT2D eigenvalue weighted by Gasteiger charge is -2.11. The Morgan fingerprint density at radius 3 is 2.30 bits per heavy atom. The number of carbonyl (C=O) groups excluding carboxylic acids is 1. The van der Waals surface area contributed by atoms with Gasteiger partial charge >= 0.3 is 6.03 Å². The molecule has 4 nitrogen and oxygen atoms in total. The van der Waals surface area contributed by atoms with E-state index < -0.39 is 0 Å². The molecular formula is C5H14BrN3O. The molecule has 62 valence electrons. The van der Waals surface area contributed by atoms with Crippen LogP contribution in [0.4, 0.5) is 4.79 Å². The van der Waals surface area contributed by atoms with Crippen molar-refractivity contribution >= 4 is 23.0 Å². The van der Waals surface area contributed by atoms with E-state index in [-0.39, 0.29) is 23.0 Å². The molecule has 0 saturated heterocycles. The molecule has 0 unspecified atom stereocenters. The summed E-state index contributed by atoms with van der Waals surface area (Å²) in [7, 11) is 3.52. The summed E-state index contributed by atoms with van der Waals surface area (Å²) < 4.78 is 0. The highest BCUT2D eigenvalue weighted by atomic mass is 79.9. The third kappa shape index (κ3) is 7.71. The molecule has 2 N–H and O–H groups in total. The van der Waals surface area contributed by atoms with Gasteiger partial charge in [-0.25, -0.2) is 9.80 Å². The molecule has 0 rings (SSSR count). The van der Waals surface area contributed by atoms with E-state index >= 15 is 0 Å². The number of carbonyl (C=O) groups is 1. The number of halogens is 1. The molecule has 0 fully saturated rings. The molecule has 0 heterocycles. The Morgan fingerprint density at radius 2 is 2.00 bits per heavy atom. The third-order valence-electron chi connectivity index (χ3n) is 0.662. The van der Waals surface area contributed by atoms with Gasteiger partial charge in [-0.3, -0.25) is 5.43 Å². The van der Waals surface area contributed by atoms with E-state index in [9.17, 15) is 4.79 Å². The van der Waals surface area contributed by atoms with E-state index in [2.05, 4.69) is 10.7 Å². The second-order valence-electron chi connectivity index (χ2n) is 1.87. The van der Waals surface area contributed by atoms with E-state index in [4.69, 9.17) is 0 Å². The van der Waals surface area contributed by atoms with Crippen LogP contribution in [0.3, 0.4) is 0 Å². The second kappa shape index (κ2) is 6.82. The molecule has 0 aliphatic carbocycles. The number of nitrogens with one attached hydrogen (secondary N) is 2. The minimum atomic E-state index is -0.164. The molecule has 0 aromatic carbocycles. The maximum Gasteiger partial charge on any atom is 0.329 e. The maximum absolute atomic E-state index is 10.6. The first-order valence-electron chi connectivity index (χ1n) is 2.88. The summed E-state index contributed by atoms with van der Waals surface area (Å²) in [5, 5.41) is 4.17. The van der Waals surface area contributed by atoms with Crippen LogP contribution >= 0.6 is 17.0 Å². The number of nitrogens with zero attached hydrogens (tertiary/aromatic N) is 1. The number of hydrogen-bond donors (Lipinski definition) is 2. The predicted octanol–water partition coefficient (Wildman–Crippen LogP) is 0.360. The van der Waals surface area contributed by atoms with Crippen molar-refractivity contribution in [3.8, 4) is 0 Å². The molecule has 2 amide bonds. The second-order valence-corrected chi connectivity index (χ2v) is 1.87. The summed E-state index contributed by atoms with van der Waals surface area (Å²) >= 11 is 0. The maximum atomic E-state index is 10.6. The summed E-state index contributed by atoms with van der Waals surface area (Å²) in [6.07, 6.45) is 0. The van der Waals surface area contributed by atoms with E-state index in [1.54, 1.807) is 19.1 Å². The Morgan fingerprint density at radius 1 is 1.50 bits per heavy atom. The fourth-order valence-electron chi connectivity index (χ4n) is 0.403. The molecule has 0 aliphatic rings. The Balaban J connectivity index is 0. The van der Waals surface area contributed by atoms with Crippen LogP contribution in [0, 0.1) is 0 Å². The lowest BCUT2D eigenvalue weighted by Crippen LogP contribution is -2.43. The number of amides is 2. The number of rotatable bonds is 2. The minimum Gasteiger partial charge on any atom is -0.337 e. The Labute approximate surface area is 71.7 Å². The zero-order valence-electron chi connectivity index (χ0n) is 6.47. The Hall–Kier alpha value is -0.290. The van der Waals surface area contributed by atoms with Gasteiger partial charge in [-0.2, -0.15) is 0 Å². The van der Waals surface area contributed by atoms with Crippen LogP contribution in [0.2, 0.25) is 0 Å². The van der Waals surface area contributed by atoms with Crippen LogP contribution in [0.5, 0.6) is 0 Å². The lowest BCUT2D eigenvalue weighted by molar-refractivity contribution is 0.213. The van der Waals surface area contributed by atoms with Crippen molar-refractivity contribution in [1.82, 2.24) is 15.8 Å². The van der Waals surface area contributed by atoms with E-state index in [1.807, 2.05) is 6.92 Å². The summed E-state index contributed by atoms with van der Waals surface area (Å²) in [5.41, 5.74) is 2.53. The van der Waals surface area contributed by atoms with Crippen molar-refractivity contribution in [3.63, 3.8) is 0 Å². The summed E-state index contributed by atoms with van der Waals surface area (Å²) in [5.74, 6) is 0. The number of hydrazine groups is 1. The molecule has 0 spiro atoms. The van der Waals surface area contributed by atoms with Crippen LogP contribution in [-0.2, 0) is 0 Å². The van der Waals surface area contributed by atoms with Crippen molar-refractivity contribution in [2.24, 2.45) is 0 Å². The van der Waals surface area contributed by atoms with E-state index in [1.165, 1.54) is 0 Å². The van der Waals surface area contributed by atoms with Crippen molar-refractivity contribution in [3.05, 3.63) is 0 Å². The lowest BCUT2D eigenvalue weighted by atomic mass is 10.7. The SMILES string of the molecule is Br.CCNC(=O)NN(C)C. The van der Waals surface area contributed by atoms with Crippen molar-refractivity contribution in [2.45, 2.75) is 6.92 Å². The average Bonchev–Trinajstić information content (AvgIpc) is 1.63. The largest absolute Gasteiger partial charge is 0.337 e. The highest BCUT2D eigenvalue weighted by Crippen LogP contribution is 1.65. The van der Waals surface area contributed by atoms with Gasteiger partial charge in [0.15, 0.2) is 0 Å².